The van der Waals surface area contributed by atoms with E-state index in [-0.39, 0.29) is 6.54 Å². The molecule has 0 saturated heterocycles. The number of benzene rings is 1. The lowest BCUT2D eigenvalue weighted by Crippen LogP contribution is -2.13. The molecule has 2 nitrogen and oxygen atoms in total. The van der Waals surface area contributed by atoms with Gasteiger partial charge >= 0.3 is 0 Å². The van der Waals surface area contributed by atoms with Gasteiger partial charge in [0.15, 0.2) is 0 Å². The van der Waals surface area contributed by atoms with Gasteiger partial charge in [0.2, 0.25) is 0 Å². The van der Waals surface area contributed by atoms with E-state index >= 15 is 0 Å². The first-order valence-corrected chi connectivity index (χ1v) is 4.62. The Morgan fingerprint density at radius 1 is 1.36 bits per heavy atom. The minimum atomic E-state index is -1.34. The van der Waals surface area contributed by atoms with E-state index in [2.05, 4.69) is 0 Å². The van der Waals surface area contributed by atoms with Crippen LogP contribution in [0, 0.1) is 0 Å². The van der Waals surface area contributed by atoms with Crippen LogP contribution in [0.3, 0.4) is 0 Å². The fraction of sp³-hybridized carbons (Fsp3) is 0.455. The lowest BCUT2D eigenvalue weighted by atomic mass is 9.98. The molecular formula is C11H16FNO. The van der Waals surface area contributed by atoms with E-state index in [1.165, 1.54) is 13.8 Å². The zero-order valence-corrected chi connectivity index (χ0v) is 8.50. The quantitative estimate of drug-likeness (QED) is 0.777. The first kappa shape index (κ1) is 11.1. The minimum Gasteiger partial charge on any atom is -0.387 e. The second kappa shape index (κ2) is 4.07. The number of hydrogen-bond acceptors (Lipinski definition) is 2. The van der Waals surface area contributed by atoms with Crippen molar-refractivity contribution >= 4 is 0 Å². The molecule has 78 valence electrons. The molecule has 0 aromatic heterocycles. The molecule has 0 spiro atoms. The number of aliphatic hydroxyl groups is 1. The number of hydrogen-bond donors (Lipinski definition) is 2. The van der Waals surface area contributed by atoms with Crippen LogP contribution < -0.4 is 5.73 Å². The summed E-state index contributed by atoms with van der Waals surface area (Å²) in [7, 11) is 0. The molecule has 1 aromatic carbocycles. The van der Waals surface area contributed by atoms with E-state index in [9.17, 15) is 9.50 Å². The third-order valence-electron chi connectivity index (χ3n) is 2.21. The highest BCUT2D eigenvalue weighted by Crippen LogP contribution is 2.25. The largest absolute Gasteiger partial charge is 0.387 e. The Labute approximate surface area is 83.6 Å². The second-order valence-electron chi connectivity index (χ2n) is 3.85. The molecule has 1 unspecified atom stereocenters. The first-order valence-electron chi connectivity index (χ1n) is 4.62. The third kappa shape index (κ3) is 2.53. The molecular weight excluding hydrogens is 181 g/mol. The predicted molar refractivity (Wildman–Crippen MR) is 54.6 cm³/mol. The zero-order valence-electron chi connectivity index (χ0n) is 8.50. The predicted octanol–water partition coefficient (Wildman–Crippen LogP) is 1.88. The van der Waals surface area contributed by atoms with E-state index in [1.807, 2.05) is 0 Å². The monoisotopic (exact) mass is 197 g/mol. The van der Waals surface area contributed by atoms with Crippen LogP contribution in [0.2, 0.25) is 0 Å². The van der Waals surface area contributed by atoms with Gasteiger partial charge in [0.1, 0.15) is 5.67 Å². The highest BCUT2D eigenvalue weighted by Gasteiger charge is 2.18. The summed E-state index contributed by atoms with van der Waals surface area (Å²) < 4.78 is 13.4. The van der Waals surface area contributed by atoms with Crippen molar-refractivity contribution in [2.75, 3.05) is 6.54 Å². The third-order valence-corrected chi connectivity index (χ3v) is 2.21. The lowest BCUT2D eigenvalue weighted by Gasteiger charge is -2.15. The first-order chi connectivity index (χ1) is 6.45. The SMILES string of the molecule is CC(C)(F)c1ccc(C(O)CN)cc1. The Morgan fingerprint density at radius 2 is 1.86 bits per heavy atom. The summed E-state index contributed by atoms with van der Waals surface area (Å²) in [5, 5.41) is 9.40. The van der Waals surface area contributed by atoms with Gasteiger partial charge in [-0.05, 0) is 25.0 Å². The zero-order chi connectivity index (χ0) is 10.8. The van der Waals surface area contributed by atoms with Gasteiger partial charge in [0.25, 0.3) is 0 Å². The number of rotatable bonds is 3. The standard InChI is InChI=1S/C11H16FNO/c1-11(2,12)9-5-3-8(4-6-9)10(14)7-13/h3-6,10,14H,7,13H2,1-2H3. The van der Waals surface area contributed by atoms with Crippen LogP contribution in [0.4, 0.5) is 4.39 Å². The molecule has 1 atom stereocenters. The van der Waals surface area contributed by atoms with Crippen LogP contribution in [0.25, 0.3) is 0 Å². The van der Waals surface area contributed by atoms with E-state index in [0.29, 0.717) is 5.56 Å². The maximum absolute atomic E-state index is 13.4. The van der Waals surface area contributed by atoms with Crippen LogP contribution in [-0.4, -0.2) is 11.7 Å². The molecule has 0 aliphatic rings. The summed E-state index contributed by atoms with van der Waals surface area (Å²) >= 11 is 0. The Hall–Kier alpha value is -0.930. The number of halogens is 1. The highest BCUT2D eigenvalue weighted by molar-refractivity contribution is 5.27. The van der Waals surface area contributed by atoms with Crippen LogP contribution in [0.1, 0.15) is 31.1 Å². The van der Waals surface area contributed by atoms with Gasteiger partial charge in [-0.1, -0.05) is 24.3 Å². The smallest absolute Gasteiger partial charge is 0.130 e. The Kier molecular flexibility index (Phi) is 3.24. The van der Waals surface area contributed by atoms with Crippen LogP contribution in [0.5, 0.6) is 0 Å². The molecule has 0 aliphatic carbocycles. The molecule has 0 fully saturated rings. The number of aliphatic hydroxyl groups excluding tert-OH is 1. The summed E-state index contributed by atoms with van der Waals surface area (Å²) in [5.74, 6) is 0. The van der Waals surface area contributed by atoms with Crippen molar-refractivity contribution < 1.29 is 9.50 Å². The molecule has 0 aliphatic heterocycles. The topological polar surface area (TPSA) is 46.2 Å². The van der Waals surface area contributed by atoms with Gasteiger partial charge in [-0.2, -0.15) is 0 Å². The van der Waals surface area contributed by atoms with Crippen LogP contribution >= 0.6 is 0 Å². The molecule has 0 bridgehead atoms. The minimum absolute atomic E-state index is 0.179. The van der Waals surface area contributed by atoms with Crippen molar-refractivity contribution in [3.05, 3.63) is 35.4 Å². The van der Waals surface area contributed by atoms with Gasteiger partial charge in [-0.3, -0.25) is 0 Å². The average molecular weight is 197 g/mol. The fourth-order valence-corrected chi connectivity index (χ4v) is 1.24. The fourth-order valence-electron chi connectivity index (χ4n) is 1.24. The number of nitrogens with two attached hydrogens (primary N) is 1. The molecule has 0 radical (unpaired) electrons. The van der Waals surface area contributed by atoms with Crippen molar-refractivity contribution in [3.63, 3.8) is 0 Å². The summed E-state index contributed by atoms with van der Waals surface area (Å²) in [6, 6.07) is 6.75. The van der Waals surface area contributed by atoms with Gasteiger partial charge < -0.3 is 10.8 Å². The Bertz CT molecular complexity index is 289. The van der Waals surface area contributed by atoms with Crippen LogP contribution in [0.15, 0.2) is 24.3 Å². The Balaban J connectivity index is 2.89. The summed E-state index contributed by atoms with van der Waals surface area (Å²) in [6.45, 7) is 3.18. The van der Waals surface area contributed by atoms with Gasteiger partial charge in [-0.25, -0.2) is 4.39 Å². The number of alkyl halides is 1. The van der Waals surface area contributed by atoms with Gasteiger partial charge in [-0.15, -0.1) is 0 Å². The van der Waals surface area contributed by atoms with Crippen molar-refractivity contribution in [1.82, 2.24) is 0 Å². The molecule has 3 N–H and O–H groups in total. The van der Waals surface area contributed by atoms with E-state index in [4.69, 9.17) is 5.73 Å². The molecule has 1 rings (SSSR count). The van der Waals surface area contributed by atoms with Crippen molar-refractivity contribution in [3.8, 4) is 0 Å². The molecule has 0 saturated carbocycles. The maximum Gasteiger partial charge on any atom is 0.130 e. The van der Waals surface area contributed by atoms with Gasteiger partial charge in [0.05, 0.1) is 6.10 Å². The van der Waals surface area contributed by atoms with Crippen molar-refractivity contribution in [2.45, 2.75) is 25.6 Å². The van der Waals surface area contributed by atoms with E-state index < -0.39 is 11.8 Å². The highest BCUT2D eigenvalue weighted by atomic mass is 19.1. The molecule has 1 aromatic rings. The van der Waals surface area contributed by atoms with Crippen molar-refractivity contribution in [2.24, 2.45) is 5.73 Å². The second-order valence-corrected chi connectivity index (χ2v) is 3.85. The summed E-state index contributed by atoms with van der Waals surface area (Å²) in [6.07, 6.45) is -0.660. The molecule has 0 heterocycles. The lowest BCUT2D eigenvalue weighted by molar-refractivity contribution is 0.186. The molecule has 14 heavy (non-hydrogen) atoms. The normalized spacial score (nSPS) is 14.1. The van der Waals surface area contributed by atoms with E-state index in [1.54, 1.807) is 24.3 Å². The molecule has 0 amide bonds. The maximum atomic E-state index is 13.4. The van der Waals surface area contributed by atoms with E-state index in [0.717, 1.165) is 5.56 Å². The summed E-state index contributed by atoms with van der Waals surface area (Å²) in [5.41, 5.74) is 5.29. The average Bonchev–Trinajstić information content (AvgIpc) is 2.15. The summed E-state index contributed by atoms with van der Waals surface area (Å²) in [4.78, 5) is 0. The molecule has 3 heteroatoms. The van der Waals surface area contributed by atoms with Gasteiger partial charge in [0, 0.05) is 6.54 Å². The van der Waals surface area contributed by atoms with Crippen LogP contribution in [-0.2, 0) is 5.67 Å². The van der Waals surface area contributed by atoms with Crippen molar-refractivity contribution in [1.29, 1.82) is 0 Å². The Morgan fingerprint density at radius 3 is 2.21 bits per heavy atom.